The second kappa shape index (κ2) is 6.59. The number of ether oxygens (including phenoxy) is 1. The van der Waals surface area contributed by atoms with Crippen molar-refractivity contribution in [1.29, 1.82) is 0 Å². The van der Waals surface area contributed by atoms with Gasteiger partial charge in [-0.2, -0.15) is 0 Å². The van der Waals surface area contributed by atoms with Crippen LogP contribution >= 0.6 is 0 Å². The highest BCUT2D eigenvalue weighted by Gasteiger charge is 2.34. The van der Waals surface area contributed by atoms with Crippen molar-refractivity contribution in [2.24, 2.45) is 0 Å². The lowest BCUT2D eigenvalue weighted by molar-refractivity contribution is -0.121. The van der Waals surface area contributed by atoms with Crippen molar-refractivity contribution >= 4 is 11.9 Å². The summed E-state index contributed by atoms with van der Waals surface area (Å²) in [5.41, 5.74) is 1.46. The number of carbonyl (C=O) groups excluding carboxylic acids is 1. The standard InChI is InChI=1S/C20H21NO4/c1-20(2)12-16(15-8-3-4-9-17(15)25-20)21-18(22)11-13-6-5-7-14(10-13)19(23)24/h3-10,16H,11-12H2,1-2H3,(H,21,22)(H,23,24). The molecule has 0 bridgehead atoms. The van der Waals surface area contributed by atoms with Gasteiger partial charge in [0.15, 0.2) is 0 Å². The van der Waals surface area contributed by atoms with Crippen LogP contribution in [0.3, 0.4) is 0 Å². The number of carboxylic acid groups (broad SMARTS) is 1. The van der Waals surface area contributed by atoms with E-state index in [1.807, 2.05) is 38.1 Å². The molecule has 1 aliphatic rings. The van der Waals surface area contributed by atoms with Gasteiger partial charge in [0.05, 0.1) is 18.0 Å². The summed E-state index contributed by atoms with van der Waals surface area (Å²) in [5, 5.41) is 12.1. The molecule has 1 atom stereocenters. The lowest BCUT2D eigenvalue weighted by atomic mass is 9.89. The van der Waals surface area contributed by atoms with E-state index < -0.39 is 5.97 Å². The third-order valence-corrected chi connectivity index (χ3v) is 4.25. The van der Waals surface area contributed by atoms with Crippen molar-refractivity contribution in [2.75, 3.05) is 0 Å². The highest BCUT2D eigenvalue weighted by molar-refractivity contribution is 5.88. The Kier molecular flexibility index (Phi) is 4.49. The zero-order valence-electron chi connectivity index (χ0n) is 14.3. The minimum absolute atomic E-state index is 0.130. The molecule has 0 radical (unpaired) electrons. The number of benzene rings is 2. The molecule has 2 aromatic carbocycles. The Labute approximate surface area is 146 Å². The van der Waals surface area contributed by atoms with E-state index >= 15 is 0 Å². The van der Waals surface area contributed by atoms with Crippen molar-refractivity contribution in [3.8, 4) is 5.75 Å². The third kappa shape index (κ3) is 3.99. The van der Waals surface area contributed by atoms with Crippen LogP contribution in [0.5, 0.6) is 5.75 Å². The summed E-state index contributed by atoms with van der Waals surface area (Å²) in [6.45, 7) is 4.00. The molecular formula is C20H21NO4. The van der Waals surface area contributed by atoms with Crippen LogP contribution in [0.25, 0.3) is 0 Å². The molecule has 5 heteroatoms. The van der Waals surface area contributed by atoms with E-state index in [2.05, 4.69) is 5.32 Å². The Morgan fingerprint density at radius 3 is 2.72 bits per heavy atom. The topological polar surface area (TPSA) is 75.6 Å². The molecule has 0 aromatic heterocycles. The molecule has 130 valence electrons. The molecule has 3 rings (SSSR count). The molecule has 25 heavy (non-hydrogen) atoms. The predicted molar refractivity (Wildman–Crippen MR) is 93.8 cm³/mol. The van der Waals surface area contributed by atoms with Crippen LogP contribution in [0, 0.1) is 0 Å². The average Bonchev–Trinajstić information content (AvgIpc) is 2.54. The minimum atomic E-state index is -0.998. The van der Waals surface area contributed by atoms with Gasteiger partial charge in [-0.05, 0) is 37.6 Å². The van der Waals surface area contributed by atoms with Gasteiger partial charge in [0.2, 0.25) is 5.91 Å². The number of rotatable bonds is 4. The number of hydrogen-bond donors (Lipinski definition) is 2. The number of aromatic carboxylic acids is 1. The predicted octanol–water partition coefficient (Wildman–Crippen LogP) is 3.35. The number of carbonyl (C=O) groups is 2. The quantitative estimate of drug-likeness (QED) is 0.896. The first-order valence-corrected chi connectivity index (χ1v) is 8.24. The Hall–Kier alpha value is -2.82. The first kappa shape index (κ1) is 17.0. The van der Waals surface area contributed by atoms with E-state index in [1.54, 1.807) is 12.1 Å². The molecular weight excluding hydrogens is 318 g/mol. The smallest absolute Gasteiger partial charge is 0.335 e. The van der Waals surface area contributed by atoms with Gasteiger partial charge in [-0.3, -0.25) is 4.79 Å². The summed E-state index contributed by atoms with van der Waals surface area (Å²) in [6.07, 6.45) is 0.811. The van der Waals surface area contributed by atoms with Crippen molar-refractivity contribution in [3.63, 3.8) is 0 Å². The first-order valence-electron chi connectivity index (χ1n) is 8.24. The third-order valence-electron chi connectivity index (χ3n) is 4.25. The highest BCUT2D eigenvalue weighted by atomic mass is 16.5. The van der Waals surface area contributed by atoms with Gasteiger partial charge in [0.25, 0.3) is 0 Å². The maximum atomic E-state index is 12.5. The molecule has 1 amide bonds. The summed E-state index contributed by atoms with van der Waals surface area (Å²) in [5.74, 6) is -0.348. The van der Waals surface area contributed by atoms with Crippen LogP contribution in [0.4, 0.5) is 0 Å². The largest absolute Gasteiger partial charge is 0.487 e. The van der Waals surface area contributed by atoms with Crippen LogP contribution in [0.2, 0.25) is 0 Å². The van der Waals surface area contributed by atoms with Crippen molar-refractivity contribution < 1.29 is 19.4 Å². The molecule has 0 saturated heterocycles. The Balaban J connectivity index is 1.75. The van der Waals surface area contributed by atoms with Gasteiger partial charge in [-0.25, -0.2) is 4.79 Å². The molecule has 1 heterocycles. The monoisotopic (exact) mass is 339 g/mol. The molecule has 0 saturated carbocycles. The van der Waals surface area contributed by atoms with Crippen LogP contribution in [0.15, 0.2) is 48.5 Å². The minimum Gasteiger partial charge on any atom is -0.487 e. The summed E-state index contributed by atoms with van der Waals surface area (Å²) in [6, 6.07) is 14.0. The molecule has 0 spiro atoms. The first-order chi connectivity index (χ1) is 11.8. The average molecular weight is 339 g/mol. The highest BCUT2D eigenvalue weighted by Crippen LogP contribution is 2.39. The van der Waals surface area contributed by atoms with E-state index in [4.69, 9.17) is 9.84 Å². The summed E-state index contributed by atoms with van der Waals surface area (Å²) < 4.78 is 5.97. The molecule has 1 aliphatic heterocycles. The van der Waals surface area contributed by atoms with Crippen LogP contribution in [0.1, 0.15) is 47.8 Å². The number of fused-ring (bicyclic) bond motifs is 1. The Bertz CT molecular complexity index is 813. The number of amides is 1. The lowest BCUT2D eigenvalue weighted by Gasteiger charge is -2.37. The van der Waals surface area contributed by atoms with Gasteiger partial charge in [0.1, 0.15) is 11.4 Å². The van der Waals surface area contributed by atoms with E-state index in [1.165, 1.54) is 12.1 Å². The summed E-state index contributed by atoms with van der Waals surface area (Å²) >= 11 is 0. The Morgan fingerprint density at radius 2 is 1.96 bits per heavy atom. The maximum Gasteiger partial charge on any atom is 0.335 e. The normalized spacial score (nSPS) is 17.9. The zero-order valence-corrected chi connectivity index (χ0v) is 14.3. The molecule has 1 unspecified atom stereocenters. The number of para-hydroxylation sites is 1. The second-order valence-corrected chi connectivity index (χ2v) is 6.91. The lowest BCUT2D eigenvalue weighted by Crippen LogP contribution is -2.41. The van der Waals surface area contributed by atoms with Gasteiger partial charge in [-0.1, -0.05) is 30.3 Å². The van der Waals surface area contributed by atoms with E-state index in [0.29, 0.717) is 12.0 Å². The fourth-order valence-electron chi connectivity index (χ4n) is 3.18. The van der Waals surface area contributed by atoms with E-state index in [9.17, 15) is 9.59 Å². The van der Waals surface area contributed by atoms with Gasteiger partial charge < -0.3 is 15.2 Å². The number of hydrogen-bond acceptors (Lipinski definition) is 3. The van der Waals surface area contributed by atoms with Gasteiger partial charge in [0, 0.05) is 12.0 Å². The van der Waals surface area contributed by atoms with Crippen molar-refractivity contribution in [3.05, 3.63) is 65.2 Å². The van der Waals surface area contributed by atoms with Crippen molar-refractivity contribution in [2.45, 2.75) is 38.3 Å². The summed E-state index contributed by atoms with van der Waals surface area (Å²) in [4.78, 5) is 23.5. The molecule has 0 aliphatic carbocycles. The zero-order chi connectivity index (χ0) is 18.0. The molecule has 0 fully saturated rings. The van der Waals surface area contributed by atoms with Crippen LogP contribution < -0.4 is 10.1 Å². The van der Waals surface area contributed by atoms with Crippen LogP contribution in [-0.4, -0.2) is 22.6 Å². The molecule has 5 nitrogen and oxygen atoms in total. The fourth-order valence-corrected chi connectivity index (χ4v) is 3.18. The maximum absolute atomic E-state index is 12.5. The van der Waals surface area contributed by atoms with E-state index in [0.717, 1.165) is 11.3 Å². The van der Waals surface area contributed by atoms with Gasteiger partial charge in [-0.15, -0.1) is 0 Å². The number of nitrogens with one attached hydrogen (secondary N) is 1. The number of carboxylic acids is 1. The second-order valence-electron chi connectivity index (χ2n) is 6.91. The van der Waals surface area contributed by atoms with Crippen molar-refractivity contribution in [1.82, 2.24) is 5.32 Å². The molecule has 2 N–H and O–H groups in total. The fraction of sp³-hybridized carbons (Fsp3) is 0.300. The molecule has 2 aromatic rings. The SMILES string of the molecule is CC1(C)CC(NC(=O)Cc2cccc(C(=O)O)c2)c2ccccc2O1. The Morgan fingerprint density at radius 1 is 1.20 bits per heavy atom. The van der Waals surface area contributed by atoms with Gasteiger partial charge >= 0.3 is 5.97 Å². The van der Waals surface area contributed by atoms with E-state index in [-0.39, 0.29) is 29.5 Å². The van der Waals surface area contributed by atoms with Crippen LogP contribution in [-0.2, 0) is 11.2 Å². The summed E-state index contributed by atoms with van der Waals surface area (Å²) in [7, 11) is 0.